The summed E-state index contributed by atoms with van der Waals surface area (Å²) in [6.07, 6.45) is 0.668. The van der Waals surface area contributed by atoms with Crippen molar-refractivity contribution >= 4 is 15.9 Å². The molecule has 0 heterocycles. The molecule has 2 nitrogen and oxygen atoms in total. The molecule has 2 N–H and O–H groups in total. The van der Waals surface area contributed by atoms with E-state index in [0.717, 1.165) is 4.47 Å². The normalized spacial score (nSPS) is 14.8. The Morgan fingerprint density at radius 2 is 2.19 bits per heavy atom. The molecule has 0 spiro atoms. The largest absolute Gasteiger partial charge is 0.389 e. The van der Waals surface area contributed by atoms with Gasteiger partial charge in [-0.25, -0.2) is 4.39 Å². The molecule has 0 aliphatic carbocycles. The van der Waals surface area contributed by atoms with Gasteiger partial charge in [-0.15, -0.1) is 0 Å². The molecule has 0 amide bonds. The third kappa shape index (κ3) is 4.20. The summed E-state index contributed by atoms with van der Waals surface area (Å²) in [5.41, 5.74) is -0.135. The number of halogens is 2. The van der Waals surface area contributed by atoms with Crippen molar-refractivity contribution in [1.82, 2.24) is 5.32 Å². The van der Waals surface area contributed by atoms with Crippen LogP contribution in [0.3, 0.4) is 0 Å². The van der Waals surface area contributed by atoms with Crippen molar-refractivity contribution in [3.63, 3.8) is 0 Å². The van der Waals surface area contributed by atoms with Gasteiger partial charge in [0, 0.05) is 23.1 Å². The van der Waals surface area contributed by atoms with Crippen LogP contribution in [0, 0.1) is 5.82 Å². The van der Waals surface area contributed by atoms with Gasteiger partial charge >= 0.3 is 0 Å². The predicted molar refractivity (Wildman–Crippen MR) is 66.7 cm³/mol. The Labute approximate surface area is 104 Å². The minimum Gasteiger partial charge on any atom is -0.389 e. The Kier molecular flexibility index (Phi) is 4.89. The smallest absolute Gasteiger partial charge is 0.127 e. The summed E-state index contributed by atoms with van der Waals surface area (Å²) in [5, 5.41) is 12.8. The van der Waals surface area contributed by atoms with E-state index in [1.165, 1.54) is 6.07 Å². The Morgan fingerprint density at radius 1 is 1.50 bits per heavy atom. The molecule has 16 heavy (non-hydrogen) atoms. The van der Waals surface area contributed by atoms with Gasteiger partial charge in [0.1, 0.15) is 5.82 Å². The van der Waals surface area contributed by atoms with E-state index in [0.29, 0.717) is 25.1 Å². The van der Waals surface area contributed by atoms with E-state index in [1.807, 2.05) is 6.92 Å². The fraction of sp³-hybridized carbons (Fsp3) is 0.500. The van der Waals surface area contributed by atoms with Crippen LogP contribution in [0.15, 0.2) is 22.7 Å². The third-order valence-corrected chi connectivity index (χ3v) is 3.08. The SMILES string of the molecule is CCC(C)(O)CNCc1cc(Br)ccc1F. The van der Waals surface area contributed by atoms with Crippen molar-refractivity contribution in [3.8, 4) is 0 Å². The fourth-order valence-electron chi connectivity index (χ4n) is 1.27. The second kappa shape index (κ2) is 5.75. The molecule has 0 saturated heterocycles. The molecule has 0 fully saturated rings. The van der Waals surface area contributed by atoms with Gasteiger partial charge in [-0.3, -0.25) is 0 Å². The van der Waals surface area contributed by atoms with E-state index in [4.69, 9.17) is 0 Å². The number of nitrogens with one attached hydrogen (secondary N) is 1. The average molecular weight is 290 g/mol. The molecule has 0 aromatic heterocycles. The first-order valence-corrected chi connectivity index (χ1v) is 6.11. The summed E-state index contributed by atoms with van der Waals surface area (Å²) < 4.78 is 14.2. The van der Waals surface area contributed by atoms with Crippen LogP contribution in [0.2, 0.25) is 0 Å². The van der Waals surface area contributed by atoms with Crippen molar-refractivity contribution in [2.75, 3.05) is 6.54 Å². The second-order valence-corrected chi connectivity index (χ2v) is 5.11. The third-order valence-electron chi connectivity index (χ3n) is 2.59. The molecule has 1 rings (SSSR count). The van der Waals surface area contributed by atoms with Gasteiger partial charge in [-0.2, -0.15) is 0 Å². The molecule has 1 aromatic carbocycles. The highest BCUT2D eigenvalue weighted by Gasteiger charge is 2.16. The Hall–Kier alpha value is -0.450. The maximum atomic E-state index is 13.3. The Balaban J connectivity index is 2.52. The molecule has 1 unspecified atom stereocenters. The Morgan fingerprint density at radius 3 is 2.81 bits per heavy atom. The van der Waals surface area contributed by atoms with Gasteiger partial charge in [-0.1, -0.05) is 22.9 Å². The van der Waals surface area contributed by atoms with Gasteiger partial charge in [0.15, 0.2) is 0 Å². The van der Waals surface area contributed by atoms with Crippen molar-refractivity contribution < 1.29 is 9.50 Å². The van der Waals surface area contributed by atoms with Gasteiger partial charge in [-0.05, 0) is 31.5 Å². The first-order chi connectivity index (χ1) is 7.44. The molecule has 0 saturated carbocycles. The molecule has 0 bridgehead atoms. The maximum Gasteiger partial charge on any atom is 0.127 e. The minimum absolute atomic E-state index is 0.230. The van der Waals surface area contributed by atoms with E-state index in [-0.39, 0.29) is 5.82 Å². The lowest BCUT2D eigenvalue weighted by Gasteiger charge is -2.21. The molecule has 1 aromatic rings. The topological polar surface area (TPSA) is 32.3 Å². The lowest BCUT2D eigenvalue weighted by Crippen LogP contribution is -2.36. The molecule has 90 valence electrons. The zero-order valence-corrected chi connectivity index (χ0v) is 11.1. The van der Waals surface area contributed by atoms with Gasteiger partial charge in [0.25, 0.3) is 0 Å². The monoisotopic (exact) mass is 289 g/mol. The van der Waals surface area contributed by atoms with Crippen molar-refractivity contribution in [3.05, 3.63) is 34.1 Å². The van der Waals surface area contributed by atoms with E-state index in [1.54, 1.807) is 19.1 Å². The van der Waals surface area contributed by atoms with E-state index in [9.17, 15) is 9.50 Å². The summed E-state index contributed by atoms with van der Waals surface area (Å²) in [7, 11) is 0. The zero-order chi connectivity index (χ0) is 12.2. The standard InChI is InChI=1S/C12H17BrFNO/c1-3-12(2,16)8-15-7-9-6-10(13)4-5-11(9)14/h4-6,15-16H,3,7-8H2,1-2H3. The highest BCUT2D eigenvalue weighted by molar-refractivity contribution is 9.10. The summed E-state index contributed by atoms with van der Waals surface area (Å²) in [6, 6.07) is 4.84. The predicted octanol–water partition coefficient (Wildman–Crippen LogP) is 2.84. The molecule has 1 atom stereocenters. The molecular formula is C12H17BrFNO. The maximum absolute atomic E-state index is 13.3. The molecule has 0 radical (unpaired) electrons. The molecule has 0 aliphatic rings. The first kappa shape index (κ1) is 13.6. The van der Waals surface area contributed by atoms with Gasteiger partial charge in [0.05, 0.1) is 5.60 Å². The van der Waals surface area contributed by atoms with Crippen LogP contribution in [0.25, 0.3) is 0 Å². The number of hydrogen-bond donors (Lipinski definition) is 2. The highest BCUT2D eigenvalue weighted by atomic mass is 79.9. The first-order valence-electron chi connectivity index (χ1n) is 5.31. The van der Waals surface area contributed by atoms with Gasteiger partial charge < -0.3 is 10.4 Å². The van der Waals surface area contributed by atoms with Gasteiger partial charge in [0.2, 0.25) is 0 Å². The quantitative estimate of drug-likeness (QED) is 0.874. The van der Waals surface area contributed by atoms with Crippen LogP contribution in [0.4, 0.5) is 4.39 Å². The van der Waals surface area contributed by atoms with E-state index in [2.05, 4.69) is 21.2 Å². The van der Waals surface area contributed by atoms with Crippen LogP contribution in [0.1, 0.15) is 25.8 Å². The second-order valence-electron chi connectivity index (χ2n) is 4.19. The summed E-state index contributed by atoms with van der Waals surface area (Å²) in [4.78, 5) is 0. The fourth-order valence-corrected chi connectivity index (χ4v) is 1.68. The highest BCUT2D eigenvalue weighted by Crippen LogP contribution is 2.15. The van der Waals surface area contributed by atoms with Crippen molar-refractivity contribution in [1.29, 1.82) is 0 Å². The Bertz CT molecular complexity index is 355. The van der Waals surface area contributed by atoms with E-state index >= 15 is 0 Å². The van der Waals surface area contributed by atoms with Crippen molar-refractivity contribution in [2.45, 2.75) is 32.4 Å². The lowest BCUT2D eigenvalue weighted by molar-refractivity contribution is 0.0555. The van der Waals surface area contributed by atoms with Crippen LogP contribution in [-0.4, -0.2) is 17.3 Å². The van der Waals surface area contributed by atoms with Crippen LogP contribution in [0.5, 0.6) is 0 Å². The lowest BCUT2D eigenvalue weighted by atomic mass is 10.0. The summed E-state index contributed by atoms with van der Waals surface area (Å²) in [5.74, 6) is -0.230. The minimum atomic E-state index is -0.734. The summed E-state index contributed by atoms with van der Waals surface area (Å²) >= 11 is 3.30. The molecule has 0 aliphatic heterocycles. The van der Waals surface area contributed by atoms with Crippen LogP contribution in [-0.2, 0) is 6.54 Å². The number of rotatable bonds is 5. The molecular weight excluding hydrogens is 273 g/mol. The van der Waals surface area contributed by atoms with Crippen LogP contribution < -0.4 is 5.32 Å². The molecule has 4 heteroatoms. The number of aliphatic hydroxyl groups is 1. The number of benzene rings is 1. The van der Waals surface area contributed by atoms with Crippen LogP contribution >= 0.6 is 15.9 Å². The van der Waals surface area contributed by atoms with Crippen molar-refractivity contribution in [2.24, 2.45) is 0 Å². The van der Waals surface area contributed by atoms with E-state index < -0.39 is 5.60 Å². The zero-order valence-electron chi connectivity index (χ0n) is 9.56. The summed E-state index contributed by atoms with van der Waals surface area (Å²) in [6.45, 7) is 4.55. The average Bonchev–Trinajstić information content (AvgIpc) is 2.23. The number of hydrogen-bond acceptors (Lipinski definition) is 2.